The van der Waals surface area contributed by atoms with Crippen molar-refractivity contribution in [3.05, 3.63) is 63.6 Å². The summed E-state index contributed by atoms with van der Waals surface area (Å²) in [5.41, 5.74) is 1.61. The van der Waals surface area contributed by atoms with Crippen LogP contribution in [-0.2, 0) is 16.1 Å². The fraction of sp³-hybridized carbons (Fsp3) is 0.222. The van der Waals surface area contributed by atoms with Crippen LogP contribution in [-0.4, -0.2) is 23.3 Å². The second kappa shape index (κ2) is 7.36. The molecule has 1 fully saturated rings. The largest absolute Gasteiger partial charge is 0.337 e. The topological polar surface area (TPSA) is 49.4 Å². The molecule has 0 aliphatic carbocycles. The Balaban J connectivity index is 1.62. The van der Waals surface area contributed by atoms with Crippen molar-refractivity contribution in [3.8, 4) is 0 Å². The maximum atomic E-state index is 12.4. The van der Waals surface area contributed by atoms with Crippen molar-refractivity contribution in [3.63, 3.8) is 0 Å². The summed E-state index contributed by atoms with van der Waals surface area (Å²) in [6.07, 6.45) is 0.229. The third kappa shape index (κ3) is 3.97. The van der Waals surface area contributed by atoms with Crippen LogP contribution < -0.4 is 5.32 Å². The van der Waals surface area contributed by atoms with E-state index in [1.54, 1.807) is 11.0 Å². The minimum Gasteiger partial charge on any atom is -0.337 e. The van der Waals surface area contributed by atoms with E-state index in [9.17, 15) is 9.59 Å². The van der Waals surface area contributed by atoms with E-state index in [1.165, 1.54) is 0 Å². The number of benzene rings is 2. The summed E-state index contributed by atoms with van der Waals surface area (Å²) in [4.78, 5) is 26.3. The molecule has 4 nitrogen and oxygen atoms in total. The molecule has 2 aromatic carbocycles. The van der Waals surface area contributed by atoms with Gasteiger partial charge in [-0.2, -0.15) is 0 Å². The van der Waals surface area contributed by atoms with Crippen molar-refractivity contribution in [2.75, 3.05) is 11.9 Å². The maximum Gasteiger partial charge on any atom is 0.229 e. The number of rotatable bonds is 4. The molecule has 124 valence electrons. The standard InChI is InChI=1S/C18H16BrClN2O2/c19-14-5-7-15(8-6-14)21-18(24)13-9-17(23)22(11-13)10-12-3-1-2-4-16(12)20/h1-8,13H,9-11H2,(H,21,24)/t13-/m0/s1. The highest BCUT2D eigenvalue weighted by molar-refractivity contribution is 9.10. The normalized spacial score (nSPS) is 17.2. The summed E-state index contributed by atoms with van der Waals surface area (Å²) in [7, 11) is 0. The molecule has 0 unspecified atom stereocenters. The van der Waals surface area contributed by atoms with Crippen LogP contribution in [0.1, 0.15) is 12.0 Å². The number of anilines is 1. The van der Waals surface area contributed by atoms with E-state index in [1.807, 2.05) is 42.5 Å². The van der Waals surface area contributed by atoms with Gasteiger partial charge in [0.1, 0.15) is 0 Å². The van der Waals surface area contributed by atoms with Crippen LogP contribution in [0.5, 0.6) is 0 Å². The zero-order valence-electron chi connectivity index (χ0n) is 12.8. The van der Waals surface area contributed by atoms with E-state index < -0.39 is 0 Å². The lowest BCUT2D eigenvalue weighted by Crippen LogP contribution is -2.28. The minimum absolute atomic E-state index is 0.0223. The fourth-order valence-electron chi connectivity index (χ4n) is 2.71. The summed E-state index contributed by atoms with van der Waals surface area (Å²) in [5, 5.41) is 3.50. The van der Waals surface area contributed by atoms with Gasteiger partial charge in [-0.15, -0.1) is 0 Å². The van der Waals surface area contributed by atoms with Crippen molar-refractivity contribution in [1.82, 2.24) is 4.90 Å². The SMILES string of the molecule is O=C(Nc1ccc(Br)cc1)[C@H]1CC(=O)N(Cc2ccccc2Cl)C1. The number of hydrogen-bond donors (Lipinski definition) is 1. The Hall–Kier alpha value is -1.85. The summed E-state index contributed by atoms with van der Waals surface area (Å²) >= 11 is 9.50. The van der Waals surface area contributed by atoms with E-state index in [4.69, 9.17) is 11.6 Å². The van der Waals surface area contributed by atoms with Crippen LogP contribution >= 0.6 is 27.5 Å². The first kappa shape index (κ1) is 17.0. The monoisotopic (exact) mass is 406 g/mol. The van der Waals surface area contributed by atoms with Crippen LogP contribution in [0.4, 0.5) is 5.69 Å². The van der Waals surface area contributed by atoms with Crippen LogP contribution in [0, 0.1) is 5.92 Å². The van der Waals surface area contributed by atoms with Gasteiger partial charge in [0.05, 0.1) is 5.92 Å². The van der Waals surface area contributed by atoms with Crippen molar-refractivity contribution in [2.45, 2.75) is 13.0 Å². The van der Waals surface area contributed by atoms with E-state index in [-0.39, 0.29) is 24.2 Å². The molecule has 3 rings (SSSR count). The lowest BCUT2D eigenvalue weighted by molar-refractivity contribution is -0.128. The van der Waals surface area contributed by atoms with E-state index >= 15 is 0 Å². The van der Waals surface area contributed by atoms with Gasteiger partial charge in [0.15, 0.2) is 0 Å². The molecule has 1 aliphatic rings. The molecule has 2 aromatic rings. The molecular formula is C18H16BrClN2O2. The molecule has 6 heteroatoms. The van der Waals surface area contributed by atoms with Crippen LogP contribution in [0.15, 0.2) is 53.0 Å². The van der Waals surface area contributed by atoms with Gasteiger partial charge in [-0.25, -0.2) is 0 Å². The second-order valence-electron chi connectivity index (χ2n) is 5.76. The number of halogens is 2. The summed E-state index contributed by atoms with van der Waals surface area (Å²) in [5.74, 6) is -0.498. The van der Waals surface area contributed by atoms with Crippen molar-refractivity contribution >= 4 is 45.0 Å². The molecule has 24 heavy (non-hydrogen) atoms. The zero-order valence-corrected chi connectivity index (χ0v) is 15.2. The summed E-state index contributed by atoms with van der Waals surface area (Å²) in [6, 6.07) is 14.8. The highest BCUT2D eigenvalue weighted by Gasteiger charge is 2.34. The van der Waals surface area contributed by atoms with E-state index in [0.717, 1.165) is 15.7 Å². The molecule has 2 amide bonds. The zero-order chi connectivity index (χ0) is 17.1. The maximum absolute atomic E-state index is 12.4. The van der Waals surface area contributed by atoms with Gasteiger partial charge < -0.3 is 10.2 Å². The van der Waals surface area contributed by atoms with Gasteiger partial charge >= 0.3 is 0 Å². The Morgan fingerprint density at radius 1 is 1.21 bits per heavy atom. The Morgan fingerprint density at radius 2 is 1.92 bits per heavy atom. The predicted octanol–water partition coefficient (Wildman–Crippen LogP) is 4.09. The molecular weight excluding hydrogens is 392 g/mol. The van der Waals surface area contributed by atoms with Crippen LogP contribution in [0.3, 0.4) is 0 Å². The molecule has 0 bridgehead atoms. The average molecular weight is 408 g/mol. The number of likely N-dealkylation sites (tertiary alicyclic amines) is 1. The molecule has 1 aliphatic heterocycles. The molecule has 1 heterocycles. The first-order valence-corrected chi connectivity index (χ1v) is 8.77. The summed E-state index contributed by atoms with van der Waals surface area (Å²) in [6.45, 7) is 0.840. The average Bonchev–Trinajstić information content (AvgIpc) is 2.93. The van der Waals surface area contributed by atoms with Gasteiger partial charge in [0.2, 0.25) is 11.8 Å². The second-order valence-corrected chi connectivity index (χ2v) is 7.09. The van der Waals surface area contributed by atoms with Crippen LogP contribution in [0.25, 0.3) is 0 Å². The van der Waals surface area contributed by atoms with Gasteiger partial charge in [0.25, 0.3) is 0 Å². The number of carbonyl (C=O) groups is 2. The number of amides is 2. The highest BCUT2D eigenvalue weighted by Crippen LogP contribution is 2.24. The van der Waals surface area contributed by atoms with Gasteiger partial charge in [-0.05, 0) is 35.9 Å². The van der Waals surface area contributed by atoms with Gasteiger partial charge in [-0.1, -0.05) is 45.7 Å². The third-order valence-corrected chi connectivity index (χ3v) is 4.91. The van der Waals surface area contributed by atoms with Crippen molar-refractivity contribution in [2.24, 2.45) is 5.92 Å². The van der Waals surface area contributed by atoms with Crippen molar-refractivity contribution in [1.29, 1.82) is 0 Å². The molecule has 1 N–H and O–H groups in total. The molecule has 1 saturated heterocycles. The van der Waals surface area contributed by atoms with Gasteiger partial charge in [-0.3, -0.25) is 9.59 Å². The quantitative estimate of drug-likeness (QED) is 0.830. The Labute approximate surface area is 153 Å². The lowest BCUT2D eigenvalue weighted by Gasteiger charge is -2.17. The Morgan fingerprint density at radius 3 is 2.62 bits per heavy atom. The van der Waals surface area contributed by atoms with Crippen LogP contribution in [0.2, 0.25) is 5.02 Å². The number of hydrogen-bond acceptors (Lipinski definition) is 2. The smallest absolute Gasteiger partial charge is 0.229 e. The Kier molecular flexibility index (Phi) is 5.21. The number of carbonyl (C=O) groups excluding carboxylic acids is 2. The van der Waals surface area contributed by atoms with E-state index in [0.29, 0.717) is 18.1 Å². The minimum atomic E-state index is -0.344. The first-order valence-electron chi connectivity index (χ1n) is 7.60. The molecule has 0 saturated carbocycles. The predicted molar refractivity (Wildman–Crippen MR) is 97.7 cm³/mol. The fourth-order valence-corrected chi connectivity index (χ4v) is 3.17. The number of nitrogens with zero attached hydrogens (tertiary/aromatic N) is 1. The molecule has 1 atom stereocenters. The van der Waals surface area contributed by atoms with Crippen molar-refractivity contribution < 1.29 is 9.59 Å². The third-order valence-electron chi connectivity index (χ3n) is 4.02. The highest BCUT2D eigenvalue weighted by atomic mass is 79.9. The van der Waals surface area contributed by atoms with E-state index in [2.05, 4.69) is 21.2 Å². The Bertz CT molecular complexity index is 764. The first-order chi connectivity index (χ1) is 11.5. The van der Waals surface area contributed by atoms with Gasteiger partial charge in [0, 0.05) is 34.7 Å². The molecule has 0 aromatic heterocycles. The summed E-state index contributed by atoms with van der Waals surface area (Å²) < 4.78 is 0.947. The number of nitrogens with one attached hydrogen (secondary N) is 1. The lowest BCUT2D eigenvalue weighted by atomic mass is 10.1. The molecule has 0 spiro atoms. The molecule has 0 radical (unpaired) electrons.